The second-order valence-electron chi connectivity index (χ2n) is 4.09. The summed E-state index contributed by atoms with van der Waals surface area (Å²) in [4.78, 5) is 0. The third-order valence-corrected chi connectivity index (χ3v) is 2.66. The lowest BCUT2D eigenvalue weighted by Crippen LogP contribution is -2.08. The summed E-state index contributed by atoms with van der Waals surface area (Å²) < 4.78 is 5.71. The molecule has 80 valence electrons. The number of benzene rings is 1. The van der Waals surface area contributed by atoms with Gasteiger partial charge in [0.1, 0.15) is 11.3 Å². The number of hydrogen-bond donors (Lipinski definition) is 1. The molecule has 1 unspecified atom stereocenters. The van der Waals surface area contributed by atoms with Crippen LogP contribution in [0, 0.1) is 6.92 Å². The summed E-state index contributed by atoms with van der Waals surface area (Å²) in [5, 5.41) is 1.15. The van der Waals surface area contributed by atoms with Crippen molar-refractivity contribution >= 4 is 11.0 Å². The van der Waals surface area contributed by atoms with Crippen LogP contribution in [0.1, 0.15) is 37.1 Å². The highest BCUT2D eigenvalue weighted by molar-refractivity contribution is 5.78. The van der Waals surface area contributed by atoms with Crippen molar-refractivity contribution in [3.63, 3.8) is 0 Å². The monoisotopic (exact) mass is 203 g/mol. The van der Waals surface area contributed by atoms with Gasteiger partial charge < -0.3 is 10.2 Å². The van der Waals surface area contributed by atoms with E-state index >= 15 is 0 Å². The van der Waals surface area contributed by atoms with Gasteiger partial charge in [0.05, 0.1) is 6.04 Å². The molecule has 2 nitrogen and oxygen atoms in total. The van der Waals surface area contributed by atoms with E-state index in [2.05, 4.69) is 32.0 Å². The molecule has 0 amide bonds. The highest BCUT2D eigenvalue weighted by Gasteiger charge is 2.10. The van der Waals surface area contributed by atoms with Crippen LogP contribution < -0.4 is 5.73 Å². The largest absolute Gasteiger partial charge is 0.459 e. The van der Waals surface area contributed by atoms with Crippen LogP contribution in [-0.4, -0.2) is 0 Å². The smallest absolute Gasteiger partial charge is 0.134 e. The summed E-state index contributed by atoms with van der Waals surface area (Å²) in [5.41, 5.74) is 8.20. The van der Waals surface area contributed by atoms with Gasteiger partial charge in [0.15, 0.2) is 0 Å². The fourth-order valence-corrected chi connectivity index (χ4v) is 1.82. The minimum Gasteiger partial charge on any atom is -0.459 e. The zero-order chi connectivity index (χ0) is 10.8. The maximum absolute atomic E-state index is 6.01. The molecule has 0 saturated carbocycles. The molecule has 0 saturated heterocycles. The molecule has 2 aromatic rings. The lowest BCUT2D eigenvalue weighted by Gasteiger charge is -2.04. The predicted molar refractivity (Wildman–Crippen MR) is 62.8 cm³/mol. The van der Waals surface area contributed by atoms with Crippen molar-refractivity contribution in [3.05, 3.63) is 35.6 Å². The standard InChI is InChI=1S/C13H17NO/c1-3-4-11(14)13-8-10-7-9(2)5-6-12(10)15-13/h5-8,11H,3-4,14H2,1-2H3. The molecule has 0 fully saturated rings. The predicted octanol–water partition coefficient (Wildman–Crippen LogP) is 3.54. The first-order chi connectivity index (χ1) is 7.20. The first-order valence-corrected chi connectivity index (χ1v) is 5.46. The van der Waals surface area contributed by atoms with Crippen LogP contribution in [-0.2, 0) is 0 Å². The lowest BCUT2D eigenvalue weighted by molar-refractivity contribution is 0.475. The molecule has 1 aromatic carbocycles. The lowest BCUT2D eigenvalue weighted by atomic mass is 10.1. The number of aryl methyl sites for hydroxylation is 1. The fraction of sp³-hybridized carbons (Fsp3) is 0.385. The third-order valence-electron chi connectivity index (χ3n) is 2.66. The number of fused-ring (bicyclic) bond motifs is 1. The molecule has 1 aromatic heterocycles. The summed E-state index contributed by atoms with van der Waals surface area (Å²) in [6, 6.07) is 8.28. The molecule has 1 heterocycles. The van der Waals surface area contributed by atoms with Crippen molar-refractivity contribution in [2.45, 2.75) is 32.7 Å². The first-order valence-electron chi connectivity index (χ1n) is 5.46. The fourth-order valence-electron chi connectivity index (χ4n) is 1.82. The Hall–Kier alpha value is -1.28. The molecule has 2 N–H and O–H groups in total. The van der Waals surface area contributed by atoms with Gasteiger partial charge in [0.2, 0.25) is 0 Å². The Bertz CT molecular complexity index is 459. The molecular formula is C13H17NO. The normalized spacial score (nSPS) is 13.3. The molecule has 0 bridgehead atoms. The summed E-state index contributed by atoms with van der Waals surface area (Å²) in [6.45, 7) is 4.21. The van der Waals surface area contributed by atoms with Gasteiger partial charge in [0.25, 0.3) is 0 Å². The van der Waals surface area contributed by atoms with E-state index in [0.717, 1.165) is 29.6 Å². The molecule has 0 radical (unpaired) electrons. The number of rotatable bonds is 3. The van der Waals surface area contributed by atoms with E-state index in [1.165, 1.54) is 5.56 Å². The minimum absolute atomic E-state index is 0.0303. The number of nitrogens with two attached hydrogens (primary N) is 1. The van der Waals surface area contributed by atoms with Gasteiger partial charge in [-0.3, -0.25) is 0 Å². The van der Waals surface area contributed by atoms with Gasteiger partial charge >= 0.3 is 0 Å². The van der Waals surface area contributed by atoms with Crippen molar-refractivity contribution in [2.75, 3.05) is 0 Å². The van der Waals surface area contributed by atoms with Crippen molar-refractivity contribution in [3.8, 4) is 0 Å². The summed E-state index contributed by atoms with van der Waals surface area (Å²) in [6.07, 6.45) is 2.05. The minimum atomic E-state index is 0.0303. The van der Waals surface area contributed by atoms with E-state index in [9.17, 15) is 0 Å². The SMILES string of the molecule is CCCC(N)c1cc2cc(C)ccc2o1. The topological polar surface area (TPSA) is 39.2 Å². The second kappa shape index (κ2) is 4.07. The van der Waals surface area contributed by atoms with Crippen LogP contribution in [0.3, 0.4) is 0 Å². The molecule has 2 rings (SSSR count). The average molecular weight is 203 g/mol. The highest BCUT2D eigenvalue weighted by atomic mass is 16.3. The Morgan fingerprint density at radius 2 is 2.13 bits per heavy atom. The number of hydrogen-bond acceptors (Lipinski definition) is 2. The van der Waals surface area contributed by atoms with Crippen molar-refractivity contribution in [2.24, 2.45) is 5.73 Å². The summed E-state index contributed by atoms with van der Waals surface area (Å²) in [7, 11) is 0. The van der Waals surface area contributed by atoms with Crippen LogP contribution in [0.4, 0.5) is 0 Å². The maximum atomic E-state index is 6.01. The zero-order valence-corrected chi connectivity index (χ0v) is 9.29. The van der Waals surface area contributed by atoms with Crippen LogP contribution in [0.15, 0.2) is 28.7 Å². The van der Waals surface area contributed by atoms with E-state index < -0.39 is 0 Å². The van der Waals surface area contributed by atoms with Gasteiger partial charge in [-0.15, -0.1) is 0 Å². The molecule has 0 aliphatic carbocycles. The van der Waals surface area contributed by atoms with Gasteiger partial charge in [0, 0.05) is 5.39 Å². The molecule has 1 atom stereocenters. The Balaban J connectivity index is 2.38. The van der Waals surface area contributed by atoms with E-state index in [0.29, 0.717) is 0 Å². The third kappa shape index (κ3) is 2.05. The summed E-state index contributed by atoms with van der Waals surface area (Å²) >= 11 is 0. The maximum Gasteiger partial charge on any atom is 0.134 e. The van der Waals surface area contributed by atoms with E-state index in [1.54, 1.807) is 0 Å². The van der Waals surface area contributed by atoms with Crippen molar-refractivity contribution in [1.29, 1.82) is 0 Å². The van der Waals surface area contributed by atoms with Gasteiger partial charge in [-0.05, 0) is 31.5 Å². The molecule has 0 aliphatic rings. The van der Waals surface area contributed by atoms with Crippen molar-refractivity contribution < 1.29 is 4.42 Å². The zero-order valence-electron chi connectivity index (χ0n) is 9.29. The first kappa shape index (κ1) is 10.2. The Labute approximate surface area is 90.1 Å². The van der Waals surface area contributed by atoms with Crippen LogP contribution >= 0.6 is 0 Å². The Morgan fingerprint density at radius 3 is 2.87 bits per heavy atom. The summed E-state index contributed by atoms with van der Waals surface area (Å²) in [5.74, 6) is 0.900. The van der Waals surface area contributed by atoms with Gasteiger partial charge in [-0.25, -0.2) is 0 Å². The molecule has 0 spiro atoms. The Kier molecular flexibility index (Phi) is 2.78. The van der Waals surface area contributed by atoms with E-state index in [1.807, 2.05) is 6.07 Å². The van der Waals surface area contributed by atoms with E-state index in [4.69, 9.17) is 10.2 Å². The molecular weight excluding hydrogens is 186 g/mol. The highest BCUT2D eigenvalue weighted by Crippen LogP contribution is 2.25. The van der Waals surface area contributed by atoms with Crippen LogP contribution in [0.2, 0.25) is 0 Å². The van der Waals surface area contributed by atoms with Gasteiger partial charge in [-0.2, -0.15) is 0 Å². The number of furan rings is 1. The second-order valence-corrected chi connectivity index (χ2v) is 4.09. The van der Waals surface area contributed by atoms with Crippen LogP contribution in [0.5, 0.6) is 0 Å². The van der Waals surface area contributed by atoms with Gasteiger partial charge in [-0.1, -0.05) is 25.0 Å². The molecule has 15 heavy (non-hydrogen) atoms. The molecule has 2 heteroatoms. The average Bonchev–Trinajstić information content (AvgIpc) is 2.60. The van der Waals surface area contributed by atoms with Crippen molar-refractivity contribution in [1.82, 2.24) is 0 Å². The molecule has 0 aliphatic heterocycles. The quantitative estimate of drug-likeness (QED) is 0.828. The van der Waals surface area contributed by atoms with E-state index in [-0.39, 0.29) is 6.04 Å². The van der Waals surface area contributed by atoms with Crippen LogP contribution in [0.25, 0.3) is 11.0 Å². The Morgan fingerprint density at radius 1 is 1.33 bits per heavy atom.